The SMILES string of the molecule is Cc1cc(Br)cc(NCc2ccc(S(N)(=O)=O)o2)c1. The van der Waals surface area contributed by atoms with Crippen molar-refractivity contribution in [3.05, 3.63) is 46.1 Å². The van der Waals surface area contributed by atoms with E-state index >= 15 is 0 Å². The zero-order chi connectivity index (χ0) is 14.0. The number of nitrogens with one attached hydrogen (secondary N) is 1. The van der Waals surface area contributed by atoms with Crippen molar-refractivity contribution in [3.63, 3.8) is 0 Å². The molecule has 0 bridgehead atoms. The molecule has 0 aliphatic carbocycles. The molecule has 0 aliphatic rings. The van der Waals surface area contributed by atoms with Gasteiger partial charge in [0.05, 0.1) is 6.54 Å². The Morgan fingerprint density at radius 2 is 2.05 bits per heavy atom. The molecular weight excluding hydrogens is 332 g/mol. The monoisotopic (exact) mass is 344 g/mol. The molecule has 7 heteroatoms. The minimum absolute atomic E-state index is 0.227. The van der Waals surface area contributed by atoms with Crippen molar-refractivity contribution in [1.29, 1.82) is 0 Å². The molecule has 0 spiro atoms. The molecule has 0 saturated carbocycles. The van der Waals surface area contributed by atoms with Gasteiger partial charge in [-0.2, -0.15) is 0 Å². The molecular formula is C12H13BrN2O3S. The summed E-state index contributed by atoms with van der Waals surface area (Å²) in [7, 11) is -3.78. The number of primary sulfonamides is 1. The molecule has 0 fully saturated rings. The summed E-state index contributed by atoms with van der Waals surface area (Å²) in [5.41, 5.74) is 2.03. The molecule has 0 atom stereocenters. The Morgan fingerprint density at radius 1 is 1.32 bits per heavy atom. The van der Waals surface area contributed by atoms with E-state index in [4.69, 9.17) is 9.56 Å². The molecule has 0 aliphatic heterocycles. The lowest BCUT2D eigenvalue weighted by molar-refractivity contribution is 0.419. The topological polar surface area (TPSA) is 85.3 Å². The summed E-state index contributed by atoms with van der Waals surface area (Å²) in [5, 5.41) is 7.89. The quantitative estimate of drug-likeness (QED) is 0.892. The summed E-state index contributed by atoms with van der Waals surface area (Å²) in [6, 6.07) is 8.83. The van der Waals surface area contributed by atoms with Gasteiger partial charge in [0.1, 0.15) is 5.76 Å². The Hall–Kier alpha value is -1.31. The van der Waals surface area contributed by atoms with Gasteiger partial charge in [-0.3, -0.25) is 0 Å². The van der Waals surface area contributed by atoms with E-state index in [0.29, 0.717) is 12.3 Å². The van der Waals surface area contributed by atoms with E-state index in [1.807, 2.05) is 25.1 Å². The maximum atomic E-state index is 11.1. The molecule has 0 amide bonds. The smallest absolute Gasteiger partial charge is 0.271 e. The highest BCUT2D eigenvalue weighted by Crippen LogP contribution is 2.20. The fraction of sp³-hybridized carbons (Fsp3) is 0.167. The number of benzene rings is 1. The number of hydrogen-bond donors (Lipinski definition) is 2. The first-order chi connectivity index (χ1) is 8.84. The van der Waals surface area contributed by atoms with E-state index in [9.17, 15) is 8.42 Å². The number of sulfonamides is 1. The van der Waals surface area contributed by atoms with Gasteiger partial charge in [-0.05, 0) is 42.8 Å². The highest BCUT2D eigenvalue weighted by molar-refractivity contribution is 9.10. The van der Waals surface area contributed by atoms with Crippen LogP contribution in [0.1, 0.15) is 11.3 Å². The van der Waals surface area contributed by atoms with Crippen LogP contribution < -0.4 is 10.5 Å². The predicted octanol–water partition coefficient (Wildman–Crippen LogP) is 2.61. The van der Waals surface area contributed by atoms with E-state index in [0.717, 1.165) is 15.7 Å². The molecule has 0 saturated heterocycles. The number of halogens is 1. The van der Waals surface area contributed by atoms with Gasteiger partial charge in [-0.15, -0.1) is 0 Å². The normalized spacial score (nSPS) is 11.5. The Morgan fingerprint density at radius 3 is 2.63 bits per heavy atom. The maximum Gasteiger partial charge on any atom is 0.271 e. The van der Waals surface area contributed by atoms with Crippen LogP contribution in [-0.4, -0.2) is 8.42 Å². The third kappa shape index (κ3) is 3.82. The Bertz CT molecular complexity index is 675. The Balaban J connectivity index is 2.08. The van der Waals surface area contributed by atoms with Gasteiger partial charge < -0.3 is 9.73 Å². The average Bonchev–Trinajstić information content (AvgIpc) is 2.73. The molecule has 2 rings (SSSR count). The lowest BCUT2D eigenvalue weighted by Crippen LogP contribution is -2.10. The number of aryl methyl sites for hydroxylation is 1. The number of nitrogens with two attached hydrogens (primary N) is 1. The number of anilines is 1. The van der Waals surface area contributed by atoms with Crippen LogP contribution in [0.5, 0.6) is 0 Å². The third-order valence-electron chi connectivity index (χ3n) is 2.43. The van der Waals surface area contributed by atoms with Crippen molar-refractivity contribution in [2.24, 2.45) is 5.14 Å². The van der Waals surface area contributed by atoms with Crippen LogP contribution in [0.4, 0.5) is 5.69 Å². The van der Waals surface area contributed by atoms with Gasteiger partial charge >= 0.3 is 0 Å². The summed E-state index contributed by atoms with van der Waals surface area (Å²) in [5.74, 6) is 0.502. The van der Waals surface area contributed by atoms with Gasteiger partial charge in [-0.25, -0.2) is 13.6 Å². The molecule has 102 valence electrons. The van der Waals surface area contributed by atoms with Crippen molar-refractivity contribution in [2.75, 3.05) is 5.32 Å². The minimum Gasteiger partial charge on any atom is -0.446 e. The first-order valence-electron chi connectivity index (χ1n) is 5.47. The van der Waals surface area contributed by atoms with Gasteiger partial charge in [0.25, 0.3) is 10.0 Å². The first kappa shape index (κ1) is 14.1. The Labute approximate surface area is 120 Å². The van der Waals surface area contributed by atoms with E-state index in [1.165, 1.54) is 6.07 Å². The van der Waals surface area contributed by atoms with Crippen LogP contribution >= 0.6 is 15.9 Å². The molecule has 0 unspecified atom stereocenters. The van der Waals surface area contributed by atoms with E-state index < -0.39 is 10.0 Å². The van der Waals surface area contributed by atoms with E-state index in [2.05, 4.69) is 21.2 Å². The van der Waals surface area contributed by atoms with Gasteiger partial charge in [0, 0.05) is 10.2 Å². The van der Waals surface area contributed by atoms with Crippen LogP contribution in [0.3, 0.4) is 0 Å². The molecule has 2 aromatic rings. The number of furan rings is 1. The third-order valence-corrected chi connectivity index (χ3v) is 3.66. The van der Waals surface area contributed by atoms with Crippen molar-refractivity contribution >= 4 is 31.6 Å². The highest BCUT2D eigenvalue weighted by Gasteiger charge is 2.12. The predicted molar refractivity (Wildman–Crippen MR) is 76.3 cm³/mol. The fourth-order valence-corrected chi connectivity index (χ4v) is 2.72. The van der Waals surface area contributed by atoms with Crippen LogP contribution in [0.25, 0.3) is 0 Å². The van der Waals surface area contributed by atoms with Crippen LogP contribution in [0, 0.1) is 6.92 Å². The molecule has 1 heterocycles. The summed E-state index contributed by atoms with van der Waals surface area (Å²) >= 11 is 3.41. The molecule has 3 N–H and O–H groups in total. The number of rotatable bonds is 4. The van der Waals surface area contributed by atoms with Crippen molar-refractivity contribution in [2.45, 2.75) is 18.6 Å². The molecule has 1 aromatic carbocycles. The van der Waals surface area contributed by atoms with Crippen LogP contribution in [-0.2, 0) is 16.6 Å². The van der Waals surface area contributed by atoms with Crippen molar-refractivity contribution < 1.29 is 12.8 Å². The molecule has 19 heavy (non-hydrogen) atoms. The van der Waals surface area contributed by atoms with Crippen LogP contribution in [0.15, 0.2) is 44.3 Å². The summed E-state index contributed by atoms with van der Waals surface area (Å²) < 4.78 is 28.2. The largest absolute Gasteiger partial charge is 0.446 e. The highest BCUT2D eigenvalue weighted by atomic mass is 79.9. The Kier molecular flexibility index (Phi) is 3.98. The summed E-state index contributed by atoms with van der Waals surface area (Å²) in [4.78, 5) is 0. The minimum atomic E-state index is -3.78. The van der Waals surface area contributed by atoms with Crippen molar-refractivity contribution in [1.82, 2.24) is 0 Å². The lowest BCUT2D eigenvalue weighted by Gasteiger charge is -2.06. The van der Waals surface area contributed by atoms with Gasteiger partial charge in [-0.1, -0.05) is 15.9 Å². The second-order valence-electron chi connectivity index (χ2n) is 4.14. The zero-order valence-electron chi connectivity index (χ0n) is 10.2. The van der Waals surface area contributed by atoms with E-state index in [1.54, 1.807) is 6.07 Å². The summed E-state index contributed by atoms with van der Waals surface area (Å²) in [6.07, 6.45) is 0. The van der Waals surface area contributed by atoms with Gasteiger partial charge in [0.2, 0.25) is 5.09 Å². The fourth-order valence-electron chi connectivity index (χ4n) is 1.63. The standard InChI is InChI=1S/C12H13BrN2O3S/c1-8-4-9(13)6-10(5-8)15-7-11-2-3-12(18-11)19(14,16)17/h2-6,15H,7H2,1H3,(H2,14,16,17). The summed E-state index contributed by atoms with van der Waals surface area (Å²) in [6.45, 7) is 2.37. The number of hydrogen-bond acceptors (Lipinski definition) is 4. The zero-order valence-corrected chi connectivity index (χ0v) is 12.6. The second-order valence-corrected chi connectivity index (χ2v) is 6.54. The first-order valence-corrected chi connectivity index (χ1v) is 7.81. The van der Waals surface area contributed by atoms with E-state index in [-0.39, 0.29) is 5.09 Å². The lowest BCUT2D eigenvalue weighted by atomic mass is 10.2. The molecule has 1 aromatic heterocycles. The van der Waals surface area contributed by atoms with Gasteiger partial charge in [0.15, 0.2) is 0 Å². The van der Waals surface area contributed by atoms with Crippen molar-refractivity contribution in [3.8, 4) is 0 Å². The van der Waals surface area contributed by atoms with Crippen LogP contribution in [0.2, 0.25) is 0 Å². The average molecular weight is 345 g/mol. The molecule has 5 nitrogen and oxygen atoms in total. The molecule has 0 radical (unpaired) electrons. The maximum absolute atomic E-state index is 11.1. The second kappa shape index (κ2) is 5.36.